The van der Waals surface area contributed by atoms with E-state index in [0.29, 0.717) is 11.8 Å². The number of nitrogens with zero attached hydrogens (tertiary/aromatic N) is 2. The molecule has 1 fully saturated rings. The summed E-state index contributed by atoms with van der Waals surface area (Å²) in [5, 5.41) is 0. The van der Waals surface area contributed by atoms with E-state index >= 15 is 0 Å². The van der Waals surface area contributed by atoms with Crippen molar-refractivity contribution in [2.24, 2.45) is 5.92 Å². The summed E-state index contributed by atoms with van der Waals surface area (Å²) in [6.45, 7) is 14.4. The highest BCUT2D eigenvalue weighted by Crippen LogP contribution is 2.09. The summed E-state index contributed by atoms with van der Waals surface area (Å²) >= 11 is 0. The van der Waals surface area contributed by atoms with Gasteiger partial charge < -0.3 is 9.64 Å². The molecule has 1 amide bonds. The third kappa shape index (κ3) is 10.2. The van der Waals surface area contributed by atoms with E-state index in [-0.39, 0.29) is 0 Å². The van der Waals surface area contributed by atoms with E-state index in [0.717, 1.165) is 65.0 Å². The molecule has 1 saturated heterocycles. The van der Waals surface area contributed by atoms with Gasteiger partial charge in [0.15, 0.2) is 0 Å². The summed E-state index contributed by atoms with van der Waals surface area (Å²) in [6, 6.07) is 0. The van der Waals surface area contributed by atoms with E-state index in [9.17, 15) is 4.79 Å². The van der Waals surface area contributed by atoms with Crippen LogP contribution in [0.5, 0.6) is 0 Å². The van der Waals surface area contributed by atoms with Crippen molar-refractivity contribution in [3.63, 3.8) is 0 Å². The quantitative estimate of drug-likeness (QED) is 0.611. The lowest BCUT2D eigenvalue weighted by atomic mass is 10.1. The fraction of sp³-hybridized carbons (Fsp3) is 0.944. The van der Waals surface area contributed by atoms with Crippen LogP contribution in [0, 0.1) is 5.92 Å². The average Bonchev–Trinajstić information content (AvgIpc) is 2.52. The lowest BCUT2D eigenvalue weighted by Crippen LogP contribution is -2.49. The molecule has 0 aromatic rings. The maximum Gasteiger partial charge on any atom is 0.222 e. The number of amides is 1. The first kappa shape index (κ1) is 21.4. The second kappa shape index (κ2) is 14.0. The molecule has 0 unspecified atom stereocenters. The number of carbonyl (C=O) groups is 1. The Balaban J connectivity index is 0.00000211. The molecule has 0 aromatic carbocycles. The average molecular weight is 315 g/mol. The van der Waals surface area contributed by atoms with Crippen molar-refractivity contribution in [1.29, 1.82) is 0 Å². The van der Waals surface area contributed by atoms with Crippen LogP contribution in [0.3, 0.4) is 0 Å². The maximum absolute atomic E-state index is 12.1. The Hall–Kier alpha value is -0.610. The molecule has 4 heteroatoms. The summed E-state index contributed by atoms with van der Waals surface area (Å²) < 4.78 is 5.02. The first-order chi connectivity index (χ1) is 10.6. The van der Waals surface area contributed by atoms with E-state index in [1.165, 1.54) is 6.42 Å². The minimum absolute atomic E-state index is 0.348. The number of methoxy groups -OCH3 is 1. The van der Waals surface area contributed by atoms with Gasteiger partial charge in [-0.1, -0.05) is 40.5 Å². The minimum Gasteiger partial charge on any atom is -0.385 e. The van der Waals surface area contributed by atoms with Crippen molar-refractivity contribution in [2.45, 2.75) is 59.8 Å². The predicted molar refractivity (Wildman–Crippen MR) is 94.2 cm³/mol. The smallest absolute Gasteiger partial charge is 0.222 e. The first-order valence-electron chi connectivity index (χ1n) is 9.12. The number of carbonyl (C=O) groups excluding carboxylic acids is 1. The van der Waals surface area contributed by atoms with Crippen LogP contribution in [0.4, 0.5) is 0 Å². The van der Waals surface area contributed by atoms with E-state index in [1.54, 1.807) is 7.11 Å². The molecule has 1 heterocycles. The number of hydrogen-bond donors (Lipinski definition) is 0. The van der Waals surface area contributed by atoms with Gasteiger partial charge in [-0.05, 0) is 18.8 Å². The number of rotatable bonds is 9. The highest BCUT2D eigenvalue weighted by atomic mass is 16.5. The number of hydrogen-bond acceptors (Lipinski definition) is 3. The van der Waals surface area contributed by atoms with Gasteiger partial charge in [-0.25, -0.2) is 0 Å². The zero-order chi connectivity index (χ0) is 16.8. The van der Waals surface area contributed by atoms with Gasteiger partial charge in [0.2, 0.25) is 5.91 Å². The molecule has 0 saturated carbocycles. The molecule has 4 nitrogen and oxygen atoms in total. The van der Waals surface area contributed by atoms with Gasteiger partial charge in [-0.15, -0.1) is 0 Å². The molecule has 0 aliphatic carbocycles. The third-order valence-corrected chi connectivity index (χ3v) is 3.84. The molecule has 0 N–H and O–H groups in total. The zero-order valence-electron chi connectivity index (χ0n) is 15.6. The van der Waals surface area contributed by atoms with Crippen LogP contribution in [-0.2, 0) is 9.53 Å². The van der Waals surface area contributed by atoms with Gasteiger partial charge >= 0.3 is 0 Å². The van der Waals surface area contributed by atoms with Crippen LogP contribution in [0.1, 0.15) is 59.8 Å². The molecule has 0 spiro atoms. The van der Waals surface area contributed by atoms with E-state index in [4.69, 9.17) is 4.74 Å². The molecule has 1 aliphatic heterocycles. The summed E-state index contributed by atoms with van der Waals surface area (Å²) in [5.41, 5.74) is 0. The van der Waals surface area contributed by atoms with Crippen LogP contribution >= 0.6 is 0 Å². The molecule has 0 aromatic heterocycles. The fourth-order valence-corrected chi connectivity index (χ4v) is 2.73. The highest BCUT2D eigenvalue weighted by Gasteiger charge is 2.20. The van der Waals surface area contributed by atoms with Crippen LogP contribution in [-0.4, -0.2) is 62.1 Å². The van der Waals surface area contributed by atoms with E-state index in [1.807, 2.05) is 18.7 Å². The predicted octanol–water partition coefficient (Wildman–Crippen LogP) is 3.41. The van der Waals surface area contributed by atoms with Gasteiger partial charge in [0.1, 0.15) is 0 Å². The topological polar surface area (TPSA) is 32.8 Å². The Kier molecular flexibility index (Phi) is 13.6. The summed E-state index contributed by atoms with van der Waals surface area (Å²) in [7, 11) is 1.74. The SMILES string of the molecule is CC.COCCCCCCC(=O)N1CCN(CC(C)C)CC1. The lowest BCUT2D eigenvalue weighted by molar-refractivity contribution is -0.133. The Morgan fingerprint density at radius 3 is 2.14 bits per heavy atom. The van der Waals surface area contributed by atoms with E-state index < -0.39 is 0 Å². The summed E-state index contributed by atoms with van der Waals surface area (Å²) in [5.74, 6) is 1.06. The first-order valence-corrected chi connectivity index (χ1v) is 9.12. The largest absolute Gasteiger partial charge is 0.385 e. The molecule has 0 radical (unpaired) electrons. The zero-order valence-corrected chi connectivity index (χ0v) is 15.6. The van der Waals surface area contributed by atoms with Crippen LogP contribution in [0.15, 0.2) is 0 Å². The monoisotopic (exact) mass is 314 g/mol. The number of unbranched alkanes of at least 4 members (excludes halogenated alkanes) is 3. The van der Waals surface area contributed by atoms with Gasteiger partial charge in [-0.2, -0.15) is 0 Å². The van der Waals surface area contributed by atoms with Crippen molar-refractivity contribution in [3.8, 4) is 0 Å². The Labute approximate surface area is 138 Å². The highest BCUT2D eigenvalue weighted by molar-refractivity contribution is 5.76. The molecular formula is C18H38N2O2. The molecule has 132 valence electrons. The minimum atomic E-state index is 0.348. The van der Waals surface area contributed by atoms with Crippen molar-refractivity contribution < 1.29 is 9.53 Å². The normalized spacial score (nSPS) is 15.6. The van der Waals surface area contributed by atoms with Crippen LogP contribution < -0.4 is 0 Å². The molecule has 22 heavy (non-hydrogen) atoms. The van der Waals surface area contributed by atoms with Crippen LogP contribution in [0.25, 0.3) is 0 Å². The van der Waals surface area contributed by atoms with Crippen LogP contribution in [0.2, 0.25) is 0 Å². The molecule has 1 rings (SSSR count). The molecular weight excluding hydrogens is 276 g/mol. The maximum atomic E-state index is 12.1. The van der Waals surface area contributed by atoms with Gasteiger partial charge in [0.05, 0.1) is 0 Å². The fourth-order valence-electron chi connectivity index (χ4n) is 2.73. The Morgan fingerprint density at radius 2 is 1.59 bits per heavy atom. The number of piperazine rings is 1. The standard InChI is InChI=1S/C16H32N2O2.C2H6/c1-15(2)14-17-9-11-18(12-10-17)16(19)8-6-4-5-7-13-20-3;1-2/h15H,4-14H2,1-3H3;1-2H3. The van der Waals surface area contributed by atoms with Crippen molar-refractivity contribution in [1.82, 2.24) is 9.80 Å². The van der Waals surface area contributed by atoms with E-state index in [2.05, 4.69) is 18.7 Å². The summed E-state index contributed by atoms with van der Waals surface area (Å²) in [6.07, 6.45) is 5.16. The second-order valence-corrected chi connectivity index (χ2v) is 6.23. The second-order valence-electron chi connectivity index (χ2n) is 6.23. The molecule has 0 bridgehead atoms. The van der Waals surface area contributed by atoms with Crippen molar-refractivity contribution in [2.75, 3.05) is 46.4 Å². The van der Waals surface area contributed by atoms with Gasteiger partial charge in [-0.3, -0.25) is 9.69 Å². The molecule has 0 atom stereocenters. The Bertz CT molecular complexity index is 262. The van der Waals surface area contributed by atoms with Gasteiger partial charge in [0.25, 0.3) is 0 Å². The summed E-state index contributed by atoms with van der Waals surface area (Å²) in [4.78, 5) is 16.6. The lowest BCUT2D eigenvalue weighted by Gasteiger charge is -2.35. The van der Waals surface area contributed by atoms with Crippen molar-refractivity contribution >= 4 is 5.91 Å². The third-order valence-electron chi connectivity index (χ3n) is 3.84. The number of ether oxygens (including phenoxy) is 1. The van der Waals surface area contributed by atoms with Gasteiger partial charge in [0, 0.05) is 52.9 Å². The molecule has 1 aliphatic rings. The van der Waals surface area contributed by atoms with Crippen molar-refractivity contribution in [3.05, 3.63) is 0 Å². The Morgan fingerprint density at radius 1 is 1.00 bits per heavy atom.